The minimum atomic E-state index is 0.214. The van der Waals surface area contributed by atoms with E-state index in [0.717, 1.165) is 31.8 Å². The van der Waals surface area contributed by atoms with Gasteiger partial charge in [0, 0.05) is 31.8 Å². The third-order valence-corrected chi connectivity index (χ3v) is 4.27. The lowest BCUT2D eigenvalue weighted by atomic mass is 9.81. The fourth-order valence-corrected chi connectivity index (χ4v) is 3.30. The number of nitrogens with one attached hydrogen (secondary N) is 1. The first-order valence-electron chi connectivity index (χ1n) is 7.79. The van der Waals surface area contributed by atoms with Crippen molar-refractivity contribution in [3.05, 3.63) is 36.3 Å². The molecule has 21 heavy (non-hydrogen) atoms. The third kappa shape index (κ3) is 3.11. The van der Waals surface area contributed by atoms with Crippen LogP contribution < -0.4 is 5.32 Å². The van der Waals surface area contributed by atoms with Crippen LogP contribution >= 0.6 is 0 Å². The Morgan fingerprint density at radius 1 is 1.38 bits per heavy atom. The van der Waals surface area contributed by atoms with Gasteiger partial charge >= 0.3 is 0 Å². The number of ether oxygens (including phenoxy) is 1. The maximum atomic E-state index is 5.93. The fraction of sp³-hybridized carbons (Fsp3) is 0.588. The van der Waals surface area contributed by atoms with Crippen LogP contribution in [0.25, 0.3) is 5.65 Å². The van der Waals surface area contributed by atoms with Gasteiger partial charge in [0.1, 0.15) is 5.65 Å². The zero-order chi connectivity index (χ0) is 14.9. The minimum absolute atomic E-state index is 0.214. The summed E-state index contributed by atoms with van der Waals surface area (Å²) in [6.07, 6.45) is 5.53. The van der Waals surface area contributed by atoms with Crippen LogP contribution in [-0.2, 0) is 11.3 Å². The Hall–Kier alpha value is -1.39. The molecule has 0 saturated carbocycles. The quantitative estimate of drug-likeness (QED) is 0.939. The Kier molecular flexibility index (Phi) is 4.00. The highest BCUT2D eigenvalue weighted by Gasteiger charge is 2.36. The summed E-state index contributed by atoms with van der Waals surface area (Å²) in [7, 11) is 0. The van der Waals surface area contributed by atoms with Gasteiger partial charge in [-0.05, 0) is 24.0 Å². The molecule has 0 unspecified atom stereocenters. The molecular formula is C17H25N3O. The Morgan fingerprint density at radius 3 is 3.05 bits per heavy atom. The molecule has 2 atom stereocenters. The first kappa shape index (κ1) is 14.5. The average Bonchev–Trinajstić information content (AvgIpc) is 3.05. The SMILES string of the molecule is CC(C)(C)[C@H]1OCC[C@@H]1CNCc1cnc2ccccn12. The van der Waals surface area contributed by atoms with Crippen molar-refractivity contribution in [3.8, 4) is 0 Å². The minimum Gasteiger partial charge on any atom is -0.377 e. The van der Waals surface area contributed by atoms with Gasteiger partial charge in [0.25, 0.3) is 0 Å². The monoisotopic (exact) mass is 287 g/mol. The zero-order valence-corrected chi connectivity index (χ0v) is 13.2. The molecule has 1 N–H and O–H groups in total. The lowest BCUT2D eigenvalue weighted by Gasteiger charge is -2.31. The number of pyridine rings is 1. The topological polar surface area (TPSA) is 38.6 Å². The lowest BCUT2D eigenvalue weighted by molar-refractivity contribution is 0.00719. The maximum Gasteiger partial charge on any atom is 0.136 e. The molecule has 4 heteroatoms. The van der Waals surface area contributed by atoms with Gasteiger partial charge in [-0.25, -0.2) is 4.98 Å². The van der Waals surface area contributed by atoms with Gasteiger partial charge in [-0.15, -0.1) is 0 Å². The Bertz CT molecular complexity index is 599. The van der Waals surface area contributed by atoms with Crippen LogP contribution in [0.3, 0.4) is 0 Å². The highest BCUT2D eigenvalue weighted by Crippen LogP contribution is 2.34. The van der Waals surface area contributed by atoms with Crippen LogP contribution in [0.1, 0.15) is 32.9 Å². The molecule has 2 aromatic rings. The van der Waals surface area contributed by atoms with Crippen LogP contribution in [0.15, 0.2) is 30.6 Å². The largest absolute Gasteiger partial charge is 0.377 e. The van der Waals surface area contributed by atoms with Crippen LogP contribution in [-0.4, -0.2) is 28.6 Å². The molecule has 114 valence electrons. The summed E-state index contributed by atoms with van der Waals surface area (Å²) in [6.45, 7) is 9.53. The van der Waals surface area contributed by atoms with Crippen molar-refractivity contribution in [1.29, 1.82) is 0 Å². The summed E-state index contributed by atoms with van der Waals surface area (Å²) in [5, 5.41) is 3.58. The van der Waals surface area contributed by atoms with E-state index in [1.165, 1.54) is 5.69 Å². The first-order valence-corrected chi connectivity index (χ1v) is 7.79. The number of rotatable bonds is 4. The second kappa shape index (κ2) is 5.78. The summed E-state index contributed by atoms with van der Waals surface area (Å²) >= 11 is 0. The van der Waals surface area contributed by atoms with E-state index in [4.69, 9.17) is 4.74 Å². The summed E-state index contributed by atoms with van der Waals surface area (Å²) in [4.78, 5) is 4.42. The number of hydrogen-bond acceptors (Lipinski definition) is 3. The number of fused-ring (bicyclic) bond motifs is 1. The molecule has 1 aliphatic heterocycles. The van der Waals surface area contributed by atoms with Crippen molar-refractivity contribution >= 4 is 5.65 Å². The van der Waals surface area contributed by atoms with E-state index in [2.05, 4.69) is 41.7 Å². The van der Waals surface area contributed by atoms with Gasteiger partial charge in [0.2, 0.25) is 0 Å². The summed E-state index contributed by atoms with van der Waals surface area (Å²) < 4.78 is 8.07. The predicted molar refractivity (Wildman–Crippen MR) is 84.2 cm³/mol. The second-order valence-electron chi connectivity index (χ2n) is 7.02. The predicted octanol–water partition coefficient (Wildman–Crippen LogP) is 2.88. The molecule has 0 spiro atoms. The van der Waals surface area contributed by atoms with E-state index in [1.807, 2.05) is 24.4 Å². The molecule has 1 fully saturated rings. The smallest absolute Gasteiger partial charge is 0.136 e. The van der Waals surface area contributed by atoms with E-state index in [-0.39, 0.29) is 5.41 Å². The van der Waals surface area contributed by atoms with Crippen LogP contribution in [0.2, 0.25) is 0 Å². The molecule has 3 rings (SSSR count). The highest BCUT2D eigenvalue weighted by atomic mass is 16.5. The summed E-state index contributed by atoms with van der Waals surface area (Å²) in [5.74, 6) is 0.601. The number of nitrogens with zero attached hydrogens (tertiary/aromatic N) is 2. The third-order valence-electron chi connectivity index (χ3n) is 4.27. The summed E-state index contributed by atoms with van der Waals surface area (Å²) in [6, 6.07) is 6.09. The lowest BCUT2D eigenvalue weighted by Crippen LogP contribution is -2.36. The van der Waals surface area contributed by atoms with E-state index < -0.39 is 0 Å². The van der Waals surface area contributed by atoms with Gasteiger partial charge < -0.3 is 14.5 Å². The fourth-order valence-electron chi connectivity index (χ4n) is 3.30. The van der Waals surface area contributed by atoms with Crippen LogP contribution in [0, 0.1) is 11.3 Å². The van der Waals surface area contributed by atoms with Crippen molar-refractivity contribution in [1.82, 2.24) is 14.7 Å². The Labute approximate surface area is 126 Å². The molecule has 0 radical (unpaired) electrons. The first-order chi connectivity index (χ1) is 10.1. The molecular weight excluding hydrogens is 262 g/mol. The molecule has 0 aromatic carbocycles. The summed E-state index contributed by atoms with van der Waals surface area (Å²) in [5.41, 5.74) is 2.43. The average molecular weight is 287 g/mol. The van der Waals surface area contributed by atoms with Crippen molar-refractivity contribution in [2.24, 2.45) is 11.3 Å². The molecule has 3 heterocycles. The molecule has 0 aliphatic carbocycles. The van der Waals surface area contributed by atoms with Crippen molar-refractivity contribution < 1.29 is 4.74 Å². The molecule has 0 amide bonds. The number of hydrogen-bond donors (Lipinski definition) is 1. The van der Waals surface area contributed by atoms with Gasteiger partial charge in [-0.2, -0.15) is 0 Å². The van der Waals surface area contributed by atoms with Gasteiger partial charge in [0.05, 0.1) is 18.0 Å². The zero-order valence-electron chi connectivity index (χ0n) is 13.2. The van der Waals surface area contributed by atoms with Crippen molar-refractivity contribution in [2.45, 2.75) is 39.8 Å². The van der Waals surface area contributed by atoms with Gasteiger partial charge in [-0.1, -0.05) is 26.8 Å². The number of aromatic nitrogens is 2. The van der Waals surface area contributed by atoms with Gasteiger partial charge in [0.15, 0.2) is 0 Å². The molecule has 1 aliphatic rings. The second-order valence-corrected chi connectivity index (χ2v) is 7.02. The highest BCUT2D eigenvalue weighted by molar-refractivity contribution is 5.39. The molecule has 1 saturated heterocycles. The molecule has 0 bridgehead atoms. The van der Waals surface area contributed by atoms with Crippen molar-refractivity contribution in [3.63, 3.8) is 0 Å². The number of imidazole rings is 1. The van der Waals surface area contributed by atoms with Crippen LogP contribution in [0.4, 0.5) is 0 Å². The van der Waals surface area contributed by atoms with Gasteiger partial charge in [-0.3, -0.25) is 0 Å². The Balaban J connectivity index is 1.59. The standard InChI is InChI=1S/C17H25N3O/c1-17(2,3)16-13(7-9-21-16)10-18-11-14-12-19-15-6-4-5-8-20(14)15/h4-6,8,12-13,16,18H,7,9-11H2,1-3H3/t13-,16+/m1/s1. The van der Waals surface area contributed by atoms with E-state index >= 15 is 0 Å². The van der Waals surface area contributed by atoms with Crippen molar-refractivity contribution in [2.75, 3.05) is 13.2 Å². The normalized spacial score (nSPS) is 23.0. The maximum absolute atomic E-state index is 5.93. The van der Waals surface area contributed by atoms with E-state index in [9.17, 15) is 0 Å². The van der Waals surface area contributed by atoms with Crippen LogP contribution in [0.5, 0.6) is 0 Å². The van der Waals surface area contributed by atoms with E-state index in [0.29, 0.717) is 12.0 Å². The Morgan fingerprint density at radius 2 is 2.24 bits per heavy atom. The molecule has 2 aromatic heterocycles. The van der Waals surface area contributed by atoms with E-state index in [1.54, 1.807) is 0 Å². The molecule has 4 nitrogen and oxygen atoms in total.